The van der Waals surface area contributed by atoms with Crippen molar-refractivity contribution in [3.8, 4) is 0 Å². The molecule has 0 bridgehead atoms. The fourth-order valence-electron chi connectivity index (χ4n) is 1.68. The Morgan fingerprint density at radius 3 is 2.16 bits per heavy atom. The summed E-state index contributed by atoms with van der Waals surface area (Å²) in [6.07, 6.45) is 0. The van der Waals surface area contributed by atoms with E-state index in [1.165, 1.54) is 19.1 Å². The number of sulfonamides is 1. The third-order valence-corrected chi connectivity index (χ3v) is 3.99. The van der Waals surface area contributed by atoms with Crippen LogP contribution in [0.5, 0.6) is 0 Å². The maximum atomic E-state index is 12.2. The zero-order valence-electron chi connectivity index (χ0n) is 10.3. The van der Waals surface area contributed by atoms with Crippen LogP contribution in [0, 0.1) is 0 Å². The number of rotatable bonds is 4. The SMILES string of the molecule is CC(=O)c1ccccc1NS(=O)(=O)c1ccccc1. The van der Waals surface area contributed by atoms with E-state index in [1.54, 1.807) is 42.5 Å². The summed E-state index contributed by atoms with van der Waals surface area (Å²) in [6, 6.07) is 14.5. The van der Waals surface area contributed by atoms with Gasteiger partial charge in [-0.1, -0.05) is 30.3 Å². The van der Waals surface area contributed by atoms with Crippen LogP contribution in [0.3, 0.4) is 0 Å². The molecular formula is C14H13NO3S. The van der Waals surface area contributed by atoms with E-state index < -0.39 is 10.0 Å². The number of benzene rings is 2. The lowest BCUT2D eigenvalue weighted by molar-refractivity contribution is 0.101. The number of nitrogens with one attached hydrogen (secondary N) is 1. The van der Waals surface area contributed by atoms with Gasteiger partial charge in [-0.05, 0) is 31.2 Å². The van der Waals surface area contributed by atoms with E-state index in [-0.39, 0.29) is 10.7 Å². The van der Waals surface area contributed by atoms with Crippen LogP contribution in [0.2, 0.25) is 0 Å². The zero-order valence-corrected chi connectivity index (χ0v) is 11.1. The van der Waals surface area contributed by atoms with Crippen molar-refractivity contribution < 1.29 is 13.2 Å². The Balaban J connectivity index is 2.39. The third-order valence-electron chi connectivity index (χ3n) is 2.60. The van der Waals surface area contributed by atoms with Gasteiger partial charge in [0, 0.05) is 5.56 Å². The summed E-state index contributed by atoms with van der Waals surface area (Å²) in [6.45, 7) is 1.40. The first-order chi connectivity index (χ1) is 9.00. The predicted octanol–water partition coefficient (Wildman–Crippen LogP) is 2.69. The number of hydrogen-bond acceptors (Lipinski definition) is 3. The van der Waals surface area contributed by atoms with Gasteiger partial charge < -0.3 is 0 Å². The standard InChI is InChI=1S/C14H13NO3S/c1-11(16)13-9-5-6-10-14(13)15-19(17,18)12-7-3-2-4-8-12/h2-10,15H,1H3. The summed E-state index contributed by atoms with van der Waals surface area (Å²) in [5.41, 5.74) is 0.640. The number of Topliss-reactive ketones (excluding diaryl/α,β-unsaturated/α-hetero) is 1. The molecule has 0 unspecified atom stereocenters. The number of ketones is 1. The summed E-state index contributed by atoms with van der Waals surface area (Å²) in [4.78, 5) is 11.6. The topological polar surface area (TPSA) is 63.2 Å². The second-order valence-electron chi connectivity index (χ2n) is 4.02. The highest BCUT2D eigenvalue weighted by Crippen LogP contribution is 2.20. The number of anilines is 1. The molecule has 2 aromatic rings. The van der Waals surface area contributed by atoms with Crippen molar-refractivity contribution in [2.75, 3.05) is 4.72 Å². The minimum Gasteiger partial charge on any atom is -0.294 e. The second kappa shape index (κ2) is 5.24. The minimum absolute atomic E-state index is 0.161. The Kier molecular flexibility index (Phi) is 3.66. The van der Waals surface area contributed by atoms with Gasteiger partial charge >= 0.3 is 0 Å². The highest BCUT2D eigenvalue weighted by molar-refractivity contribution is 7.92. The normalized spacial score (nSPS) is 11.0. The second-order valence-corrected chi connectivity index (χ2v) is 5.70. The number of carbonyl (C=O) groups excluding carboxylic acids is 1. The summed E-state index contributed by atoms with van der Waals surface area (Å²) in [7, 11) is -3.67. The Bertz CT molecular complexity index is 694. The van der Waals surface area contributed by atoms with Crippen molar-refractivity contribution in [2.24, 2.45) is 0 Å². The molecule has 0 fully saturated rings. The monoisotopic (exact) mass is 275 g/mol. The van der Waals surface area contributed by atoms with Crippen molar-refractivity contribution >= 4 is 21.5 Å². The van der Waals surface area contributed by atoms with Gasteiger partial charge in [0.15, 0.2) is 5.78 Å². The van der Waals surface area contributed by atoms with E-state index in [1.807, 2.05) is 0 Å². The molecule has 5 heteroatoms. The maximum absolute atomic E-state index is 12.2. The van der Waals surface area contributed by atoms with Gasteiger partial charge in [0.1, 0.15) is 0 Å². The highest BCUT2D eigenvalue weighted by atomic mass is 32.2. The van der Waals surface area contributed by atoms with Gasteiger partial charge in [-0.3, -0.25) is 9.52 Å². The summed E-state index contributed by atoms with van der Waals surface area (Å²) in [5.74, 6) is -0.189. The van der Waals surface area contributed by atoms with Gasteiger partial charge in [0.2, 0.25) is 0 Å². The molecule has 1 N–H and O–H groups in total. The summed E-state index contributed by atoms with van der Waals surface area (Å²) < 4.78 is 26.7. The lowest BCUT2D eigenvalue weighted by Crippen LogP contribution is -2.14. The molecule has 0 aliphatic carbocycles. The number of hydrogen-bond donors (Lipinski definition) is 1. The van der Waals surface area contributed by atoms with Crippen LogP contribution in [-0.2, 0) is 10.0 Å². The molecule has 0 aromatic heterocycles. The molecule has 0 aliphatic heterocycles. The zero-order chi connectivity index (χ0) is 13.9. The molecule has 0 saturated heterocycles. The van der Waals surface area contributed by atoms with E-state index in [0.717, 1.165) is 0 Å². The first kappa shape index (κ1) is 13.3. The Morgan fingerprint density at radius 2 is 1.53 bits per heavy atom. The molecule has 4 nitrogen and oxygen atoms in total. The van der Waals surface area contributed by atoms with Crippen LogP contribution in [-0.4, -0.2) is 14.2 Å². The van der Waals surface area contributed by atoms with Crippen molar-refractivity contribution in [3.63, 3.8) is 0 Å². The van der Waals surface area contributed by atoms with E-state index in [2.05, 4.69) is 4.72 Å². The van der Waals surface area contributed by atoms with Crippen molar-refractivity contribution in [2.45, 2.75) is 11.8 Å². The highest BCUT2D eigenvalue weighted by Gasteiger charge is 2.16. The molecule has 2 aromatic carbocycles. The first-order valence-corrected chi connectivity index (χ1v) is 7.17. The maximum Gasteiger partial charge on any atom is 0.261 e. The predicted molar refractivity (Wildman–Crippen MR) is 73.7 cm³/mol. The molecule has 98 valence electrons. The van der Waals surface area contributed by atoms with Gasteiger partial charge in [-0.25, -0.2) is 8.42 Å². The van der Waals surface area contributed by atoms with Crippen LogP contribution >= 0.6 is 0 Å². The van der Waals surface area contributed by atoms with Gasteiger partial charge in [0.25, 0.3) is 10.0 Å². The average Bonchev–Trinajstić information content (AvgIpc) is 2.39. The largest absolute Gasteiger partial charge is 0.294 e. The molecule has 0 atom stereocenters. The molecule has 0 heterocycles. The van der Waals surface area contributed by atoms with Crippen LogP contribution in [0.4, 0.5) is 5.69 Å². The average molecular weight is 275 g/mol. The van der Waals surface area contributed by atoms with Gasteiger partial charge in [0.05, 0.1) is 10.6 Å². The van der Waals surface area contributed by atoms with Crippen molar-refractivity contribution in [1.82, 2.24) is 0 Å². The van der Waals surface area contributed by atoms with Gasteiger partial charge in [-0.15, -0.1) is 0 Å². The van der Waals surface area contributed by atoms with Crippen molar-refractivity contribution in [3.05, 3.63) is 60.2 Å². The van der Waals surface area contributed by atoms with Crippen LogP contribution in [0.15, 0.2) is 59.5 Å². The quantitative estimate of drug-likeness (QED) is 0.872. The molecule has 0 spiro atoms. The molecule has 19 heavy (non-hydrogen) atoms. The van der Waals surface area contributed by atoms with Crippen LogP contribution in [0.25, 0.3) is 0 Å². The van der Waals surface area contributed by atoms with E-state index in [9.17, 15) is 13.2 Å². The number of carbonyl (C=O) groups is 1. The Labute approximate surface area is 112 Å². The lowest BCUT2D eigenvalue weighted by atomic mass is 10.1. The molecule has 0 aliphatic rings. The fourth-order valence-corrected chi connectivity index (χ4v) is 2.78. The molecular weight excluding hydrogens is 262 g/mol. The summed E-state index contributed by atoms with van der Waals surface area (Å²) in [5, 5.41) is 0. The third kappa shape index (κ3) is 3.00. The Morgan fingerprint density at radius 1 is 0.947 bits per heavy atom. The summed E-state index contributed by atoms with van der Waals surface area (Å²) >= 11 is 0. The number of para-hydroxylation sites is 1. The van der Waals surface area contributed by atoms with Gasteiger partial charge in [-0.2, -0.15) is 0 Å². The van der Waals surface area contributed by atoms with E-state index in [0.29, 0.717) is 11.3 Å². The smallest absolute Gasteiger partial charge is 0.261 e. The first-order valence-electron chi connectivity index (χ1n) is 5.68. The molecule has 2 rings (SSSR count). The van der Waals surface area contributed by atoms with Crippen molar-refractivity contribution in [1.29, 1.82) is 0 Å². The molecule has 0 amide bonds. The minimum atomic E-state index is -3.67. The van der Waals surface area contributed by atoms with Crippen LogP contribution < -0.4 is 4.72 Å². The van der Waals surface area contributed by atoms with Crippen LogP contribution in [0.1, 0.15) is 17.3 Å². The lowest BCUT2D eigenvalue weighted by Gasteiger charge is -2.10. The Hall–Kier alpha value is -2.14. The molecule has 0 saturated carbocycles. The van der Waals surface area contributed by atoms with E-state index in [4.69, 9.17) is 0 Å². The fraction of sp³-hybridized carbons (Fsp3) is 0.0714. The molecule has 0 radical (unpaired) electrons. The van der Waals surface area contributed by atoms with E-state index >= 15 is 0 Å².